The molecule has 0 radical (unpaired) electrons. The van der Waals surface area contributed by atoms with E-state index in [1.807, 2.05) is 4.90 Å². The molecule has 124 valence electrons. The Kier molecular flexibility index (Phi) is 4.06. The maximum atomic E-state index is 14.3. The number of para-hydroxylation sites is 1. The summed E-state index contributed by atoms with van der Waals surface area (Å²) >= 11 is 0. The largest absolute Gasteiger partial charge is 0.465 e. The van der Waals surface area contributed by atoms with E-state index < -0.39 is 15.8 Å². The van der Waals surface area contributed by atoms with Crippen LogP contribution in [0.25, 0.3) is 0 Å². The first-order chi connectivity index (χ1) is 10.9. The van der Waals surface area contributed by atoms with Gasteiger partial charge < -0.3 is 9.32 Å². The van der Waals surface area contributed by atoms with Gasteiger partial charge in [-0.1, -0.05) is 6.07 Å². The highest BCUT2D eigenvalue weighted by Crippen LogP contribution is 2.33. The van der Waals surface area contributed by atoms with Gasteiger partial charge in [-0.05, 0) is 38.8 Å². The fraction of sp³-hybridized carbons (Fsp3) is 0.375. The Balaban J connectivity index is 2.01. The number of hydrogen-bond acceptors (Lipinski definition) is 4. The van der Waals surface area contributed by atoms with Crippen LogP contribution in [-0.4, -0.2) is 21.5 Å². The fourth-order valence-corrected chi connectivity index (χ4v) is 4.22. The van der Waals surface area contributed by atoms with Crippen molar-refractivity contribution in [3.05, 3.63) is 41.6 Å². The van der Waals surface area contributed by atoms with Gasteiger partial charge in [0.05, 0.1) is 5.69 Å². The van der Waals surface area contributed by atoms with Gasteiger partial charge in [-0.2, -0.15) is 0 Å². The highest BCUT2D eigenvalue weighted by molar-refractivity contribution is 7.92. The number of benzene rings is 1. The summed E-state index contributed by atoms with van der Waals surface area (Å²) < 4.78 is 47.1. The molecule has 2 heterocycles. The van der Waals surface area contributed by atoms with Crippen molar-refractivity contribution in [1.82, 2.24) is 0 Å². The van der Waals surface area contributed by atoms with Gasteiger partial charge in [0.1, 0.15) is 27.9 Å². The third-order valence-corrected chi connectivity index (χ3v) is 5.42. The first-order valence-electron chi connectivity index (χ1n) is 7.52. The summed E-state index contributed by atoms with van der Waals surface area (Å²) in [4.78, 5) is 2.03. The molecule has 3 rings (SSSR count). The minimum atomic E-state index is -3.91. The van der Waals surface area contributed by atoms with Crippen LogP contribution in [0.1, 0.15) is 24.4 Å². The zero-order valence-electron chi connectivity index (χ0n) is 13.1. The Morgan fingerprint density at radius 1 is 1.22 bits per heavy atom. The van der Waals surface area contributed by atoms with Crippen molar-refractivity contribution in [2.45, 2.75) is 31.6 Å². The molecule has 7 heteroatoms. The van der Waals surface area contributed by atoms with Crippen molar-refractivity contribution in [3.63, 3.8) is 0 Å². The van der Waals surface area contributed by atoms with Gasteiger partial charge in [-0.3, -0.25) is 4.72 Å². The van der Waals surface area contributed by atoms with E-state index in [4.69, 9.17) is 4.42 Å². The van der Waals surface area contributed by atoms with E-state index in [9.17, 15) is 12.8 Å². The maximum Gasteiger partial charge on any atom is 0.265 e. The number of nitrogens with zero attached hydrogens (tertiary/aromatic N) is 1. The third-order valence-electron chi connectivity index (χ3n) is 3.96. The number of aryl methyl sites for hydroxylation is 2. The number of furan rings is 1. The normalized spacial score (nSPS) is 15.2. The van der Waals surface area contributed by atoms with Crippen LogP contribution in [0, 0.1) is 19.7 Å². The smallest absolute Gasteiger partial charge is 0.265 e. The molecule has 1 saturated heterocycles. The summed E-state index contributed by atoms with van der Waals surface area (Å²) in [6, 6.07) is 6.02. The SMILES string of the molecule is Cc1cc(S(=O)(=O)Nc2c(F)cccc2N2CCCC2)c(C)o1. The Morgan fingerprint density at radius 3 is 2.52 bits per heavy atom. The first kappa shape index (κ1) is 15.9. The fourth-order valence-electron chi connectivity index (χ4n) is 2.90. The predicted molar refractivity (Wildman–Crippen MR) is 86.8 cm³/mol. The maximum absolute atomic E-state index is 14.3. The molecule has 1 aliphatic heterocycles. The Labute approximate surface area is 135 Å². The molecule has 0 spiro atoms. The topological polar surface area (TPSA) is 62.6 Å². The molecule has 2 aromatic rings. The average molecular weight is 338 g/mol. The zero-order valence-corrected chi connectivity index (χ0v) is 13.9. The molecule has 1 aliphatic rings. The van der Waals surface area contributed by atoms with Crippen LogP contribution >= 0.6 is 0 Å². The van der Waals surface area contributed by atoms with Crippen LogP contribution in [0.15, 0.2) is 33.6 Å². The summed E-state index contributed by atoms with van der Waals surface area (Å²) in [6.07, 6.45) is 2.03. The summed E-state index contributed by atoms with van der Waals surface area (Å²) in [7, 11) is -3.91. The van der Waals surface area contributed by atoms with Crippen LogP contribution in [-0.2, 0) is 10.0 Å². The zero-order chi connectivity index (χ0) is 16.6. The van der Waals surface area contributed by atoms with Crippen LogP contribution in [0.4, 0.5) is 15.8 Å². The molecule has 0 bridgehead atoms. The Morgan fingerprint density at radius 2 is 1.91 bits per heavy atom. The van der Waals surface area contributed by atoms with E-state index in [1.54, 1.807) is 26.0 Å². The minimum absolute atomic E-state index is 0.00680. The lowest BCUT2D eigenvalue weighted by atomic mass is 10.2. The Bertz CT molecular complexity index is 824. The van der Waals surface area contributed by atoms with E-state index in [0.29, 0.717) is 11.4 Å². The van der Waals surface area contributed by atoms with Crippen LogP contribution in [0.3, 0.4) is 0 Å². The number of hydrogen-bond donors (Lipinski definition) is 1. The number of rotatable bonds is 4. The van der Waals surface area contributed by atoms with E-state index in [0.717, 1.165) is 25.9 Å². The summed E-state index contributed by atoms with van der Waals surface area (Å²) in [5.74, 6) is 0.195. The lowest BCUT2D eigenvalue weighted by Gasteiger charge is -2.22. The number of halogens is 1. The molecule has 0 aliphatic carbocycles. The van der Waals surface area contributed by atoms with E-state index in [-0.39, 0.29) is 16.3 Å². The lowest BCUT2D eigenvalue weighted by Crippen LogP contribution is -2.22. The molecule has 5 nitrogen and oxygen atoms in total. The van der Waals surface area contributed by atoms with E-state index >= 15 is 0 Å². The van der Waals surface area contributed by atoms with Crippen molar-refractivity contribution >= 4 is 21.4 Å². The monoisotopic (exact) mass is 338 g/mol. The van der Waals surface area contributed by atoms with Crippen LogP contribution in [0.5, 0.6) is 0 Å². The second-order valence-electron chi connectivity index (χ2n) is 5.71. The molecule has 0 atom stereocenters. The summed E-state index contributed by atoms with van der Waals surface area (Å²) in [6.45, 7) is 4.83. The van der Waals surface area contributed by atoms with Gasteiger partial charge in [0, 0.05) is 19.2 Å². The lowest BCUT2D eigenvalue weighted by molar-refractivity contribution is 0.496. The third kappa shape index (κ3) is 3.06. The van der Waals surface area contributed by atoms with Crippen molar-refractivity contribution in [2.75, 3.05) is 22.7 Å². The Hall–Kier alpha value is -2.02. The number of nitrogens with one attached hydrogen (secondary N) is 1. The van der Waals surface area contributed by atoms with Crippen molar-refractivity contribution in [3.8, 4) is 0 Å². The molecule has 0 amide bonds. The molecule has 1 N–H and O–H groups in total. The number of anilines is 2. The van der Waals surface area contributed by atoms with Gasteiger partial charge in [0.25, 0.3) is 10.0 Å². The standard InChI is InChI=1S/C16H19FN2O3S/c1-11-10-15(12(2)22-11)23(20,21)18-16-13(17)6-5-7-14(16)19-8-3-4-9-19/h5-7,10,18H,3-4,8-9H2,1-2H3. The predicted octanol–water partition coefficient (Wildman–Crippen LogP) is 3.44. The molecule has 1 fully saturated rings. The quantitative estimate of drug-likeness (QED) is 0.928. The molecule has 0 unspecified atom stereocenters. The molecule has 1 aromatic carbocycles. The minimum Gasteiger partial charge on any atom is -0.465 e. The molecule has 0 saturated carbocycles. The molecule has 1 aromatic heterocycles. The second kappa shape index (κ2) is 5.88. The van der Waals surface area contributed by atoms with Crippen molar-refractivity contribution in [2.24, 2.45) is 0 Å². The van der Waals surface area contributed by atoms with Gasteiger partial charge >= 0.3 is 0 Å². The van der Waals surface area contributed by atoms with Crippen molar-refractivity contribution < 1.29 is 17.2 Å². The van der Waals surface area contributed by atoms with E-state index in [2.05, 4.69) is 4.72 Å². The summed E-state index contributed by atoms with van der Waals surface area (Å²) in [5, 5.41) is 0. The molecule has 23 heavy (non-hydrogen) atoms. The van der Waals surface area contributed by atoms with Gasteiger partial charge in [0.15, 0.2) is 0 Å². The average Bonchev–Trinajstić information content (AvgIpc) is 3.11. The number of sulfonamides is 1. The highest BCUT2D eigenvalue weighted by Gasteiger charge is 2.25. The van der Waals surface area contributed by atoms with Gasteiger partial charge in [-0.25, -0.2) is 12.8 Å². The van der Waals surface area contributed by atoms with Crippen molar-refractivity contribution in [1.29, 1.82) is 0 Å². The van der Waals surface area contributed by atoms with Crippen LogP contribution < -0.4 is 9.62 Å². The summed E-state index contributed by atoms with van der Waals surface area (Å²) in [5.41, 5.74) is 0.566. The first-order valence-corrected chi connectivity index (χ1v) is 9.00. The molecular formula is C16H19FN2O3S. The highest BCUT2D eigenvalue weighted by atomic mass is 32.2. The van der Waals surface area contributed by atoms with Crippen LogP contribution in [0.2, 0.25) is 0 Å². The second-order valence-corrected chi connectivity index (χ2v) is 7.36. The van der Waals surface area contributed by atoms with Gasteiger partial charge in [0.2, 0.25) is 0 Å². The molecular weight excluding hydrogens is 319 g/mol. The van der Waals surface area contributed by atoms with Gasteiger partial charge in [-0.15, -0.1) is 0 Å². The van der Waals surface area contributed by atoms with E-state index in [1.165, 1.54) is 12.1 Å².